The van der Waals surface area contributed by atoms with Gasteiger partial charge in [-0.3, -0.25) is 9.69 Å². The predicted octanol–water partition coefficient (Wildman–Crippen LogP) is 1.11. The van der Waals surface area contributed by atoms with Crippen LogP contribution in [0.3, 0.4) is 0 Å². The zero-order valence-corrected chi connectivity index (χ0v) is 12.7. The number of nitrogens with zero attached hydrogens (tertiary/aromatic N) is 2. The molecule has 0 aromatic carbocycles. The lowest BCUT2D eigenvalue weighted by atomic mass is 10.3. The van der Waals surface area contributed by atoms with Crippen LogP contribution in [0.2, 0.25) is 0 Å². The minimum absolute atomic E-state index is 0.183. The van der Waals surface area contributed by atoms with Crippen molar-refractivity contribution < 1.29 is 4.79 Å². The van der Waals surface area contributed by atoms with Gasteiger partial charge in [-0.15, -0.1) is 11.3 Å². The van der Waals surface area contributed by atoms with E-state index in [1.165, 1.54) is 4.88 Å². The van der Waals surface area contributed by atoms with Crippen molar-refractivity contribution in [1.29, 1.82) is 0 Å². The van der Waals surface area contributed by atoms with Gasteiger partial charge in [0.25, 0.3) is 0 Å². The lowest BCUT2D eigenvalue weighted by Crippen LogP contribution is -2.33. The zero-order valence-electron chi connectivity index (χ0n) is 11.9. The Balaban J connectivity index is 1.90. The highest BCUT2D eigenvalue weighted by atomic mass is 32.1. The molecule has 1 aliphatic heterocycles. The van der Waals surface area contributed by atoms with Gasteiger partial charge in [0.1, 0.15) is 0 Å². The second kappa shape index (κ2) is 7.44. The fourth-order valence-electron chi connectivity index (χ4n) is 2.33. The normalized spacial score (nSPS) is 16.4. The molecular weight excluding hydrogens is 270 g/mol. The van der Waals surface area contributed by atoms with E-state index >= 15 is 0 Å². The Kier molecular flexibility index (Phi) is 5.60. The van der Waals surface area contributed by atoms with E-state index in [0.29, 0.717) is 6.54 Å². The molecular formula is C15H21N3OS. The molecule has 108 valence electrons. The topological polar surface area (TPSA) is 49.6 Å². The van der Waals surface area contributed by atoms with Crippen LogP contribution in [0.4, 0.5) is 0 Å². The van der Waals surface area contributed by atoms with Gasteiger partial charge >= 0.3 is 0 Å². The number of carbonyl (C=O) groups excluding carboxylic acids is 1. The average molecular weight is 291 g/mol. The van der Waals surface area contributed by atoms with E-state index in [1.807, 2.05) is 4.90 Å². The molecule has 0 atom stereocenters. The zero-order chi connectivity index (χ0) is 14.4. The third kappa shape index (κ3) is 4.34. The summed E-state index contributed by atoms with van der Waals surface area (Å²) in [6.45, 7) is 6.70. The van der Waals surface area contributed by atoms with Gasteiger partial charge in [0.2, 0.25) is 5.91 Å². The van der Waals surface area contributed by atoms with E-state index in [4.69, 9.17) is 5.73 Å². The Hall–Kier alpha value is -1.35. The largest absolute Gasteiger partial charge is 0.342 e. The molecule has 2 rings (SSSR count). The second-order valence-electron chi connectivity index (χ2n) is 4.91. The Bertz CT molecular complexity index is 515. The van der Waals surface area contributed by atoms with Crippen molar-refractivity contribution in [2.24, 2.45) is 5.73 Å². The van der Waals surface area contributed by atoms with Crippen LogP contribution in [0.25, 0.3) is 0 Å². The summed E-state index contributed by atoms with van der Waals surface area (Å²) in [6.07, 6.45) is 1.05. The molecule has 2 heterocycles. The lowest BCUT2D eigenvalue weighted by Gasteiger charge is -2.20. The summed E-state index contributed by atoms with van der Waals surface area (Å²) in [5.74, 6) is 6.13. The standard InChI is InChI=1S/C15H21N3OS/c1-13(19)18-9-3-8-17(10-11-18)12-15-6-5-14(20-15)4-2-7-16/h5-6H,3,7-12,16H2,1H3. The van der Waals surface area contributed by atoms with Gasteiger partial charge in [-0.25, -0.2) is 0 Å². The van der Waals surface area contributed by atoms with Crippen LogP contribution >= 0.6 is 11.3 Å². The van der Waals surface area contributed by atoms with Crippen LogP contribution in [0.1, 0.15) is 23.1 Å². The van der Waals surface area contributed by atoms with Crippen molar-refractivity contribution in [3.8, 4) is 11.8 Å². The first-order valence-corrected chi connectivity index (χ1v) is 7.76. The maximum Gasteiger partial charge on any atom is 0.219 e. The SMILES string of the molecule is CC(=O)N1CCCN(Cc2ccc(C#CCN)s2)CC1. The summed E-state index contributed by atoms with van der Waals surface area (Å²) in [5, 5.41) is 0. The summed E-state index contributed by atoms with van der Waals surface area (Å²) in [5.41, 5.74) is 5.38. The van der Waals surface area contributed by atoms with E-state index in [1.54, 1.807) is 18.3 Å². The van der Waals surface area contributed by atoms with Crippen LogP contribution in [0.15, 0.2) is 12.1 Å². The molecule has 20 heavy (non-hydrogen) atoms. The molecule has 1 saturated heterocycles. The van der Waals surface area contributed by atoms with E-state index in [2.05, 4.69) is 28.9 Å². The minimum Gasteiger partial charge on any atom is -0.342 e. The first-order chi connectivity index (χ1) is 9.69. The van der Waals surface area contributed by atoms with Crippen molar-refractivity contribution in [1.82, 2.24) is 9.80 Å². The summed E-state index contributed by atoms with van der Waals surface area (Å²) >= 11 is 1.73. The number of amides is 1. The van der Waals surface area contributed by atoms with E-state index in [-0.39, 0.29) is 5.91 Å². The van der Waals surface area contributed by atoms with E-state index < -0.39 is 0 Å². The van der Waals surface area contributed by atoms with Crippen LogP contribution in [0.5, 0.6) is 0 Å². The maximum absolute atomic E-state index is 11.4. The van der Waals surface area contributed by atoms with Gasteiger partial charge in [0.15, 0.2) is 0 Å². The molecule has 1 fully saturated rings. The van der Waals surface area contributed by atoms with Crippen molar-refractivity contribution >= 4 is 17.2 Å². The van der Waals surface area contributed by atoms with Crippen LogP contribution in [-0.4, -0.2) is 48.4 Å². The molecule has 1 amide bonds. The summed E-state index contributed by atoms with van der Waals surface area (Å²) < 4.78 is 0. The van der Waals surface area contributed by atoms with Crippen molar-refractivity contribution in [3.05, 3.63) is 21.9 Å². The molecule has 5 heteroatoms. The molecule has 1 aromatic rings. The molecule has 0 spiro atoms. The van der Waals surface area contributed by atoms with Crippen LogP contribution in [-0.2, 0) is 11.3 Å². The first kappa shape index (κ1) is 15.0. The minimum atomic E-state index is 0.183. The average Bonchev–Trinajstić information content (AvgIpc) is 2.72. The molecule has 0 aliphatic carbocycles. The quantitative estimate of drug-likeness (QED) is 0.831. The number of hydrogen-bond acceptors (Lipinski definition) is 4. The number of carbonyl (C=O) groups is 1. The van der Waals surface area contributed by atoms with Crippen molar-refractivity contribution in [3.63, 3.8) is 0 Å². The van der Waals surface area contributed by atoms with Gasteiger partial charge in [0, 0.05) is 44.5 Å². The van der Waals surface area contributed by atoms with E-state index in [0.717, 1.165) is 44.0 Å². The van der Waals surface area contributed by atoms with Gasteiger partial charge < -0.3 is 10.6 Å². The van der Waals surface area contributed by atoms with Gasteiger partial charge in [-0.1, -0.05) is 11.8 Å². The maximum atomic E-state index is 11.4. The molecule has 1 aliphatic rings. The van der Waals surface area contributed by atoms with Gasteiger partial charge in [-0.05, 0) is 18.6 Å². The highest BCUT2D eigenvalue weighted by Gasteiger charge is 2.16. The number of nitrogens with two attached hydrogens (primary N) is 1. The molecule has 2 N–H and O–H groups in total. The number of thiophene rings is 1. The van der Waals surface area contributed by atoms with Crippen molar-refractivity contribution in [2.75, 3.05) is 32.7 Å². The Morgan fingerprint density at radius 2 is 2.20 bits per heavy atom. The summed E-state index contributed by atoms with van der Waals surface area (Å²) in [6, 6.07) is 4.20. The molecule has 0 unspecified atom stereocenters. The smallest absolute Gasteiger partial charge is 0.219 e. The summed E-state index contributed by atoms with van der Waals surface area (Å²) in [4.78, 5) is 18.1. The Labute approximate surface area is 124 Å². The van der Waals surface area contributed by atoms with E-state index in [9.17, 15) is 4.79 Å². The second-order valence-corrected chi connectivity index (χ2v) is 6.08. The monoisotopic (exact) mass is 291 g/mol. The van der Waals surface area contributed by atoms with Gasteiger partial charge in [-0.2, -0.15) is 0 Å². The number of hydrogen-bond donors (Lipinski definition) is 1. The molecule has 0 saturated carbocycles. The Morgan fingerprint density at radius 3 is 2.95 bits per heavy atom. The lowest BCUT2D eigenvalue weighted by molar-refractivity contribution is -0.128. The molecule has 0 bridgehead atoms. The van der Waals surface area contributed by atoms with Crippen LogP contribution < -0.4 is 5.73 Å². The van der Waals surface area contributed by atoms with Crippen LogP contribution in [0, 0.1) is 11.8 Å². The number of rotatable bonds is 2. The molecule has 4 nitrogen and oxygen atoms in total. The van der Waals surface area contributed by atoms with Gasteiger partial charge in [0.05, 0.1) is 11.4 Å². The summed E-state index contributed by atoms with van der Waals surface area (Å²) in [7, 11) is 0. The molecule has 1 aromatic heterocycles. The molecule has 0 radical (unpaired) electrons. The highest BCUT2D eigenvalue weighted by Crippen LogP contribution is 2.18. The fourth-order valence-corrected chi connectivity index (χ4v) is 3.26. The fraction of sp³-hybridized carbons (Fsp3) is 0.533. The first-order valence-electron chi connectivity index (χ1n) is 6.94. The third-order valence-electron chi connectivity index (χ3n) is 3.39. The van der Waals surface area contributed by atoms with Crippen molar-refractivity contribution in [2.45, 2.75) is 19.9 Å². The predicted molar refractivity (Wildman–Crippen MR) is 82.4 cm³/mol. The third-order valence-corrected chi connectivity index (χ3v) is 4.37. The Morgan fingerprint density at radius 1 is 1.35 bits per heavy atom. The highest BCUT2D eigenvalue weighted by molar-refractivity contribution is 7.12.